The fraction of sp³-hybridized carbons (Fsp3) is 0.500. The Balaban J connectivity index is 1.74. The lowest BCUT2D eigenvalue weighted by atomic mass is 9.86. The maximum absolute atomic E-state index is 13.3. The zero-order valence-corrected chi connectivity index (χ0v) is 12.1. The molecule has 0 spiro atoms. The molecule has 0 amide bonds. The van der Waals surface area contributed by atoms with Crippen molar-refractivity contribution in [3.8, 4) is 0 Å². The number of halogens is 2. The van der Waals surface area contributed by atoms with Crippen molar-refractivity contribution in [1.29, 1.82) is 0 Å². The molecule has 1 saturated carbocycles. The van der Waals surface area contributed by atoms with Crippen molar-refractivity contribution in [3.63, 3.8) is 0 Å². The Hall–Kier alpha value is -0.740. The van der Waals surface area contributed by atoms with Gasteiger partial charge in [0.25, 0.3) is 0 Å². The predicted octanol–water partition coefficient (Wildman–Crippen LogP) is 4.55. The highest BCUT2D eigenvalue weighted by Crippen LogP contribution is 2.34. The molecule has 0 radical (unpaired) electrons. The van der Waals surface area contributed by atoms with E-state index in [1.807, 2.05) is 0 Å². The average molecular weight is 299 g/mol. The van der Waals surface area contributed by atoms with Gasteiger partial charge in [-0.3, -0.25) is 4.99 Å². The molecule has 1 aliphatic carbocycles. The average Bonchev–Trinajstić information content (AvgIpc) is 2.37. The standard InChI is InChI=1S/C14H16ClFN2S/c15-10-5-11(16)7-12(6-10)17-14-18-13-4-2-1-3-9(13)8-19-14/h5-7,9,13H,1-4,8H2,(H,17,18). The minimum Gasteiger partial charge on any atom is -0.335 e. The summed E-state index contributed by atoms with van der Waals surface area (Å²) in [6.45, 7) is 0. The molecule has 1 aliphatic heterocycles. The number of hydrogen-bond acceptors (Lipinski definition) is 3. The van der Waals surface area contributed by atoms with Crippen LogP contribution in [-0.4, -0.2) is 17.0 Å². The van der Waals surface area contributed by atoms with Crippen molar-refractivity contribution < 1.29 is 4.39 Å². The SMILES string of the molecule is Fc1cc(Cl)cc(NC2=NC3CCCCC3CS2)c1. The quantitative estimate of drug-likeness (QED) is 0.822. The van der Waals surface area contributed by atoms with Gasteiger partial charge in [-0.1, -0.05) is 36.2 Å². The van der Waals surface area contributed by atoms with Gasteiger partial charge in [0.05, 0.1) is 6.04 Å². The van der Waals surface area contributed by atoms with Gasteiger partial charge >= 0.3 is 0 Å². The summed E-state index contributed by atoms with van der Waals surface area (Å²) in [4.78, 5) is 4.76. The molecule has 19 heavy (non-hydrogen) atoms. The van der Waals surface area contributed by atoms with Crippen LogP contribution in [0, 0.1) is 11.7 Å². The van der Waals surface area contributed by atoms with Crippen LogP contribution in [0.15, 0.2) is 23.2 Å². The highest BCUT2D eigenvalue weighted by Gasteiger charge is 2.29. The number of benzene rings is 1. The van der Waals surface area contributed by atoms with Crippen molar-refractivity contribution in [3.05, 3.63) is 29.0 Å². The van der Waals surface area contributed by atoms with Crippen LogP contribution in [0.3, 0.4) is 0 Å². The summed E-state index contributed by atoms with van der Waals surface area (Å²) in [5.41, 5.74) is 0.672. The zero-order valence-electron chi connectivity index (χ0n) is 10.5. The Morgan fingerprint density at radius 2 is 2.11 bits per heavy atom. The summed E-state index contributed by atoms with van der Waals surface area (Å²) < 4.78 is 13.3. The Bertz CT molecular complexity index is 486. The Morgan fingerprint density at radius 3 is 2.95 bits per heavy atom. The molecule has 2 nitrogen and oxygen atoms in total. The van der Waals surface area contributed by atoms with Gasteiger partial charge in [0.15, 0.2) is 5.17 Å². The Labute approximate surface area is 121 Å². The number of fused-ring (bicyclic) bond motifs is 1. The second-order valence-electron chi connectivity index (χ2n) is 5.14. The molecule has 2 aliphatic rings. The van der Waals surface area contributed by atoms with Crippen molar-refractivity contribution in [1.82, 2.24) is 0 Å². The lowest BCUT2D eigenvalue weighted by molar-refractivity contribution is 0.336. The van der Waals surface area contributed by atoms with E-state index in [1.165, 1.54) is 37.8 Å². The number of aliphatic imine (C=N–C) groups is 1. The molecular formula is C14H16ClFN2S. The van der Waals surface area contributed by atoms with Gasteiger partial charge in [-0.05, 0) is 37.0 Å². The highest BCUT2D eigenvalue weighted by molar-refractivity contribution is 8.14. The first-order chi connectivity index (χ1) is 9.20. The van der Waals surface area contributed by atoms with Gasteiger partial charge in [-0.25, -0.2) is 4.39 Å². The van der Waals surface area contributed by atoms with Crippen LogP contribution in [0.2, 0.25) is 5.02 Å². The molecule has 102 valence electrons. The molecule has 1 heterocycles. The van der Waals surface area contributed by atoms with E-state index in [2.05, 4.69) is 5.32 Å². The summed E-state index contributed by atoms with van der Waals surface area (Å²) in [6.07, 6.45) is 5.08. The van der Waals surface area contributed by atoms with Gasteiger partial charge in [-0.15, -0.1) is 0 Å². The molecule has 2 atom stereocenters. The van der Waals surface area contributed by atoms with E-state index in [1.54, 1.807) is 17.8 Å². The minimum absolute atomic E-state index is 0.327. The van der Waals surface area contributed by atoms with Crippen LogP contribution in [0.4, 0.5) is 10.1 Å². The number of anilines is 1. The molecule has 0 bridgehead atoms. The third-order valence-electron chi connectivity index (χ3n) is 3.70. The van der Waals surface area contributed by atoms with Gasteiger partial charge in [-0.2, -0.15) is 0 Å². The van der Waals surface area contributed by atoms with Crippen LogP contribution in [0.25, 0.3) is 0 Å². The zero-order chi connectivity index (χ0) is 13.2. The van der Waals surface area contributed by atoms with E-state index in [0.29, 0.717) is 16.8 Å². The maximum atomic E-state index is 13.3. The number of hydrogen-bond donors (Lipinski definition) is 1. The molecule has 0 aromatic heterocycles. The molecule has 5 heteroatoms. The van der Waals surface area contributed by atoms with Crippen molar-refractivity contribution in [2.45, 2.75) is 31.7 Å². The molecule has 2 unspecified atom stereocenters. The van der Waals surface area contributed by atoms with Crippen molar-refractivity contribution >= 4 is 34.2 Å². The first-order valence-corrected chi connectivity index (χ1v) is 8.01. The largest absolute Gasteiger partial charge is 0.335 e. The van der Waals surface area contributed by atoms with Crippen LogP contribution in [-0.2, 0) is 0 Å². The van der Waals surface area contributed by atoms with Crippen LogP contribution in [0.5, 0.6) is 0 Å². The summed E-state index contributed by atoms with van der Waals surface area (Å²) in [6, 6.07) is 4.92. The molecule has 1 aromatic carbocycles. The van der Waals surface area contributed by atoms with E-state index in [0.717, 1.165) is 16.8 Å². The second-order valence-corrected chi connectivity index (χ2v) is 6.59. The molecule has 1 N–H and O–H groups in total. The van der Waals surface area contributed by atoms with Crippen LogP contribution < -0.4 is 5.32 Å². The van der Waals surface area contributed by atoms with Gasteiger partial charge < -0.3 is 5.32 Å². The fourth-order valence-electron chi connectivity index (χ4n) is 2.74. The van der Waals surface area contributed by atoms with E-state index < -0.39 is 0 Å². The first-order valence-electron chi connectivity index (χ1n) is 6.64. The van der Waals surface area contributed by atoms with E-state index >= 15 is 0 Å². The fourth-order valence-corrected chi connectivity index (χ4v) is 4.13. The highest BCUT2D eigenvalue weighted by atomic mass is 35.5. The predicted molar refractivity (Wildman–Crippen MR) is 80.7 cm³/mol. The summed E-state index contributed by atoms with van der Waals surface area (Å²) in [5.74, 6) is 1.51. The van der Waals surface area contributed by atoms with Crippen molar-refractivity contribution in [2.75, 3.05) is 11.1 Å². The normalized spacial score (nSPS) is 26.5. The first kappa shape index (κ1) is 13.3. The number of amidine groups is 1. The third-order valence-corrected chi connectivity index (χ3v) is 4.99. The number of nitrogens with zero attached hydrogens (tertiary/aromatic N) is 1. The summed E-state index contributed by atoms with van der Waals surface area (Å²) in [5, 5.41) is 4.48. The third kappa shape index (κ3) is 3.23. The lowest BCUT2D eigenvalue weighted by Crippen LogP contribution is -2.31. The maximum Gasteiger partial charge on any atom is 0.161 e. The van der Waals surface area contributed by atoms with Gasteiger partial charge in [0.2, 0.25) is 0 Å². The molecule has 3 rings (SSSR count). The van der Waals surface area contributed by atoms with Crippen LogP contribution in [0.1, 0.15) is 25.7 Å². The smallest absolute Gasteiger partial charge is 0.161 e. The lowest BCUT2D eigenvalue weighted by Gasteiger charge is -2.32. The second kappa shape index (κ2) is 5.71. The van der Waals surface area contributed by atoms with Crippen molar-refractivity contribution in [2.24, 2.45) is 10.9 Å². The summed E-state index contributed by atoms with van der Waals surface area (Å²) >= 11 is 7.58. The number of nitrogens with one attached hydrogen (secondary N) is 1. The van der Waals surface area contributed by atoms with Gasteiger partial charge in [0, 0.05) is 16.5 Å². The molecule has 1 fully saturated rings. The number of thioether (sulfide) groups is 1. The van der Waals surface area contributed by atoms with Gasteiger partial charge in [0.1, 0.15) is 5.82 Å². The number of rotatable bonds is 1. The van der Waals surface area contributed by atoms with E-state index in [-0.39, 0.29) is 5.82 Å². The molecular weight excluding hydrogens is 283 g/mol. The minimum atomic E-state index is -0.327. The Morgan fingerprint density at radius 1 is 1.26 bits per heavy atom. The summed E-state index contributed by atoms with van der Waals surface area (Å²) in [7, 11) is 0. The Kier molecular flexibility index (Phi) is 3.99. The topological polar surface area (TPSA) is 24.4 Å². The van der Waals surface area contributed by atoms with E-state index in [9.17, 15) is 4.39 Å². The van der Waals surface area contributed by atoms with Crippen LogP contribution >= 0.6 is 23.4 Å². The monoisotopic (exact) mass is 298 g/mol. The van der Waals surface area contributed by atoms with E-state index in [4.69, 9.17) is 16.6 Å². The molecule has 0 saturated heterocycles. The molecule has 1 aromatic rings.